The highest BCUT2D eigenvalue weighted by Gasteiger charge is 2.09. The Kier molecular flexibility index (Phi) is 2.10. The molecule has 1 heterocycles. The van der Waals surface area contributed by atoms with Crippen molar-refractivity contribution in [2.75, 3.05) is 0 Å². The molecular weight excluding hydrogens is 196 g/mol. The summed E-state index contributed by atoms with van der Waals surface area (Å²) in [7, 11) is 0. The number of fused-ring (bicyclic) bond motifs is 1. The number of hydrogen-bond donors (Lipinski definition) is 0. The van der Waals surface area contributed by atoms with Gasteiger partial charge in [-0.15, -0.1) is 11.3 Å². The van der Waals surface area contributed by atoms with E-state index in [0.29, 0.717) is 5.52 Å². The molecule has 0 spiro atoms. The minimum Gasteiger partial charge on any atom is -0.432 e. The molecule has 0 aliphatic heterocycles. The van der Waals surface area contributed by atoms with Crippen molar-refractivity contribution in [1.29, 1.82) is 0 Å². The van der Waals surface area contributed by atoms with Gasteiger partial charge >= 0.3 is 6.61 Å². The molecule has 5 heteroatoms. The van der Waals surface area contributed by atoms with Crippen LogP contribution >= 0.6 is 11.3 Å². The first-order chi connectivity index (χ1) is 6.27. The van der Waals surface area contributed by atoms with Crippen molar-refractivity contribution in [3.05, 3.63) is 23.7 Å². The second-order valence-electron chi connectivity index (χ2n) is 2.29. The minimum atomic E-state index is -2.81. The maximum absolute atomic E-state index is 11.9. The lowest BCUT2D eigenvalue weighted by Crippen LogP contribution is -2.01. The topological polar surface area (TPSA) is 22.1 Å². The van der Waals surface area contributed by atoms with Gasteiger partial charge in [0.15, 0.2) is 11.3 Å². The summed E-state index contributed by atoms with van der Waals surface area (Å²) in [5.41, 5.74) is 3.06. The summed E-state index contributed by atoms with van der Waals surface area (Å²) in [4.78, 5) is 3.81. The Morgan fingerprint density at radius 3 is 3.08 bits per heavy atom. The molecule has 0 amide bonds. The molecule has 0 N–H and O–H groups in total. The van der Waals surface area contributed by atoms with Crippen molar-refractivity contribution in [3.8, 4) is 5.75 Å². The van der Waals surface area contributed by atoms with Crippen molar-refractivity contribution >= 4 is 21.6 Å². The number of benzene rings is 1. The van der Waals surface area contributed by atoms with Crippen molar-refractivity contribution in [2.24, 2.45) is 0 Å². The van der Waals surface area contributed by atoms with Crippen molar-refractivity contribution in [2.45, 2.75) is 6.61 Å². The molecule has 67 valence electrons. The molecule has 0 bridgehead atoms. The predicted octanol–water partition coefficient (Wildman–Crippen LogP) is 2.70. The van der Waals surface area contributed by atoms with Crippen LogP contribution in [0, 0.1) is 5.51 Å². The van der Waals surface area contributed by atoms with Crippen LogP contribution in [0.3, 0.4) is 0 Å². The molecule has 2 aromatic rings. The third-order valence-electron chi connectivity index (χ3n) is 1.49. The maximum Gasteiger partial charge on any atom is 0.387 e. The fraction of sp³-hybridized carbons (Fsp3) is 0.125. The van der Waals surface area contributed by atoms with Gasteiger partial charge in [0.25, 0.3) is 0 Å². The second kappa shape index (κ2) is 3.26. The largest absolute Gasteiger partial charge is 0.432 e. The Hall–Kier alpha value is -1.23. The third-order valence-corrected chi connectivity index (χ3v) is 2.22. The van der Waals surface area contributed by atoms with E-state index >= 15 is 0 Å². The predicted molar refractivity (Wildman–Crippen MR) is 45.1 cm³/mol. The molecule has 2 rings (SSSR count). The van der Waals surface area contributed by atoms with Crippen LogP contribution in [0.25, 0.3) is 10.2 Å². The molecule has 1 aromatic heterocycles. The van der Waals surface area contributed by atoms with Crippen LogP contribution < -0.4 is 4.74 Å². The Morgan fingerprint density at radius 1 is 1.46 bits per heavy atom. The number of halogens is 2. The molecule has 0 aliphatic carbocycles. The first-order valence-corrected chi connectivity index (χ1v) is 4.29. The fourth-order valence-corrected chi connectivity index (χ4v) is 1.63. The standard InChI is InChI=1S/C8H4F2NOS/c9-8(10)12-5-2-1-3-6-7(5)11-4-13-6/h1-3,8H. The molecule has 1 aromatic carbocycles. The Morgan fingerprint density at radius 2 is 2.31 bits per heavy atom. The lowest BCUT2D eigenvalue weighted by molar-refractivity contribution is -0.0489. The summed E-state index contributed by atoms with van der Waals surface area (Å²) >= 11 is 1.27. The Bertz CT molecular complexity index is 415. The fourth-order valence-electron chi connectivity index (χ4n) is 1.00. The van der Waals surface area contributed by atoms with Gasteiger partial charge in [0.1, 0.15) is 5.52 Å². The van der Waals surface area contributed by atoms with Crippen molar-refractivity contribution in [1.82, 2.24) is 4.98 Å². The number of alkyl halides is 2. The molecule has 0 saturated carbocycles. The van der Waals surface area contributed by atoms with E-state index in [1.807, 2.05) is 0 Å². The van der Waals surface area contributed by atoms with Crippen LogP contribution in [0.1, 0.15) is 0 Å². The van der Waals surface area contributed by atoms with Gasteiger partial charge in [0.05, 0.1) is 4.70 Å². The first-order valence-electron chi connectivity index (χ1n) is 3.48. The van der Waals surface area contributed by atoms with Gasteiger partial charge in [-0.3, -0.25) is 0 Å². The normalized spacial score (nSPS) is 11.0. The Balaban J connectivity index is 2.48. The number of thiazole rings is 1. The summed E-state index contributed by atoms with van der Waals surface area (Å²) in [5.74, 6) is 0.102. The number of rotatable bonds is 2. The van der Waals surface area contributed by atoms with Crippen LogP contribution in [0.2, 0.25) is 0 Å². The number of para-hydroxylation sites is 1. The molecular formula is C8H4F2NOS. The highest BCUT2D eigenvalue weighted by molar-refractivity contribution is 7.16. The van der Waals surface area contributed by atoms with E-state index in [1.54, 1.807) is 12.1 Å². The lowest BCUT2D eigenvalue weighted by atomic mass is 10.3. The number of aromatic nitrogens is 1. The SMILES string of the molecule is FC(F)Oc1cccc2s[c]nc12. The van der Waals surface area contributed by atoms with E-state index in [2.05, 4.69) is 15.2 Å². The third kappa shape index (κ3) is 1.60. The van der Waals surface area contributed by atoms with E-state index in [9.17, 15) is 8.78 Å². The summed E-state index contributed by atoms with van der Waals surface area (Å²) in [5, 5.41) is 0. The smallest absolute Gasteiger partial charge is 0.387 e. The molecule has 13 heavy (non-hydrogen) atoms. The van der Waals surface area contributed by atoms with Crippen LogP contribution in [0.15, 0.2) is 18.2 Å². The molecule has 2 nitrogen and oxygen atoms in total. The molecule has 0 atom stereocenters. The summed E-state index contributed by atoms with van der Waals surface area (Å²) in [6.07, 6.45) is 0. The quantitative estimate of drug-likeness (QED) is 0.743. The Labute approximate surface area is 76.8 Å². The maximum atomic E-state index is 11.9. The van der Waals surface area contributed by atoms with Crippen LogP contribution in [0.4, 0.5) is 8.78 Å². The zero-order valence-electron chi connectivity index (χ0n) is 6.33. The van der Waals surface area contributed by atoms with Crippen LogP contribution in [-0.2, 0) is 0 Å². The zero-order valence-corrected chi connectivity index (χ0v) is 7.15. The van der Waals surface area contributed by atoms with Gasteiger partial charge in [-0.05, 0) is 12.1 Å². The van der Waals surface area contributed by atoms with Gasteiger partial charge in [-0.1, -0.05) is 6.07 Å². The van der Waals surface area contributed by atoms with E-state index in [0.717, 1.165) is 4.70 Å². The van der Waals surface area contributed by atoms with Gasteiger partial charge in [0, 0.05) is 0 Å². The van der Waals surface area contributed by atoms with E-state index in [-0.39, 0.29) is 5.75 Å². The number of ether oxygens (including phenoxy) is 1. The van der Waals surface area contributed by atoms with Gasteiger partial charge in [-0.2, -0.15) is 8.78 Å². The van der Waals surface area contributed by atoms with Crippen LogP contribution in [-0.4, -0.2) is 11.6 Å². The van der Waals surface area contributed by atoms with E-state index < -0.39 is 6.61 Å². The van der Waals surface area contributed by atoms with Crippen molar-refractivity contribution in [3.63, 3.8) is 0 Å². The number of nitrogens with zero attached hydrogens (tertiary/aromatic N) is 1. The zero-order chi connectivity index (χ0) is 9.26. The van der Waals surface area contributed by atoms with Crippen molar-refractivity contribution < 1.29 is 13.5 Å². The van der Waals surface area contributed by atoms with Gasteiger partial charge in [-0.25, -0.2) is 4.98 Å². The number of hydrogen-bond acceptors (Lipinski definition) is 3. The lowest BCUT2D eigenvalue weighted by Gasteiger charge is -2.03. The van der Waals surface area contributed by atoms with E-state index in [4.69, 9.17) is 0 Å². The van der Waals surface area contributed by atoms with Gasteiger partial charge in [0.2, 0.25) is 0 Å². The monoisotopic (exact) mass is 200 g/mol. The average molecular weight is 200 g/mol. The summed E-state index contributed by atoms with van der Waals surface area (Å²) in [6.45, 7) is -2.81. The van der Waals surface area contributed by atoms with E-state index in [1.165, 1.54) is 17.4 Å². The first kappa shape index (κ1) is 8.37. The molecule has 0 aliphatic rings. The molecule has 0 unspecified atom stereocenters. The molecule has 1 radical (unpaired) electrons. The highest BCUT2D eigenvalue weighted by atomic mass is 32.1. The molecule has 0 fully saturated rings. The second-order valence-corrected chi connectivity index (χ2v) is 3.11. The van der Waals surface area contributed by atoms with Gasteiger partial charge < -0.3 is 4.74 Å². The highest BCUT2D eigenvalue weighted by Crippen LogP contribution is 2.27. The minimum absolute atomic E-state index is 0.102. The average Bonchev–Trinajstić information content (AvgIpc) is 2.51. The summed E-state index contributed by atoms with van der Waals surface area (Å²) in [6, 6.07) is 4.88. The molecule has 0 saturated heterocycles. The van der Waals surface area contributed by atoms with Crippen LogP contribution in [0.5, 0.6) is 5.75 Å². The summed E-state index contributed by atoms with van der Waals surface area (Å²) < 4.78 is 28.9.